The van der Waals surface area contributed by atoms with Crippen molar-refractivity contribution in [3.8, 4) is 0 Å². The normalized spacial score (nSPS) is 20.7. The molecule has 7 atom stereocenters. The van der Waals surface area contributed by atoms with Crippen LogP contribution in [0, 0.1) is 0 Å². The molecule has 1 fully saturated rings. The molecule has 1 amide bonds. The monoisotopic (exact) mass is 828 g/mol. The number of rotatable bonds is 43. The standard InChI is InChI=1S/C49H97NO8/c1-3-5-7-9-11-13-15-16-17-18-19-20-21-22-23-24-25-26-27-28-29-31-33-35-37-39-45(53)50-42(41-57-49-48(56)47(55)46(54)44(40-51)58-49)43(52)38-36-34-32-30-14-12-10-8-6-4-2/h42-44,46-49,51-52,54-56H,3-41H2,1-2H3,(H,50,53)/t42-,43+,44+,46+,47?,48?,49+/m0/s1. The Morgan fingerprint density at radius 1 is 0.517 bits per heavy atom. The maximum Gasteiger partial charge on any atom is 0.220 e. The lowest BCUT2D eigenvalue weighted by Crippen LogP contribution is -2.60. The summed E-state index contributed by atoms with van der Waals surface area (Å²) in [4.78, 5) is 13.0. The van der Waals surface area contributed by atoms with Crippen molar-refractivity contribution < 1.29 is 39.8 Å². The molecule has 9 nitrogen and oxygen atoms in total. The van der Waals surface area contributed by atoms with Crippen LogP contribution in [0.25, 0.3) is 0 Å². The van der Waals surface area contributed by atoms with Crippen molar-refractivity contribution in [2.24, 2.45) is 0 Å². The molecule has 1 aliphatic rings. The second-order valence-electron chi connectivity index (χ2n) is 18.0. The van der Waals surface area contributed by atoms with Gasteiger partial charge in [0.2, 0.25) is 5.91 Å². The average molecular weight is 828 g/mol. The van der Waals surface area contributed by atoms with Crippen LogP contribution in [0.1, 0.15) is 251 Å². The quantitative estimate of drug-likeness (QED) is 0.0333. The van der Waals surface area contributed by atoms with Crippen LogP contribution in [0.5, 0.6) is 0 Å². The Morgan fingerprint density at radius 3 is 1.22 bits per heavy atom. The van der Waals surface area contributed by atoms with Crippen LogP contribution >= 0.6 is 0 Å². The molecule has 0 aromatic rings. The highest BCUT2D eigenvalue weighted by atomic mass is 16.7. The van der Waals surface area contributed by atoms with Crippen molar-refractivity contribution in [1.82, 2.24) is 5.32 Å². The lowest BCUT2D eigenvalue weighted by molar-refractivity contribution is -0.302. The molecule has 9 heteroatoms. The van der Waals surface area contributed by atoms with E-state index in [9.17, 15) is 30.3 Å². The molecule has 0 spiro atoms. The van der Waals surface area contributed by atoms with Gasteiger partial charge < -0.3 is 40.3 Å². The molecule has 0 aromatic carbocycles. The number of hydrogen-bond acceptors (Lipinski definition) is 8. The number of carbonyl (C=O) groups is 1. The van der Waals surface area contributed by atoms with Crippen molar-refractivity contribution in [2.75, 3.05) is 13.2 Å². The number of amides is 1. The van der Waals surface area contributed by atoms with E-state index in [4.69, 9.17) is 9.47 Å². The molecular weight excluding hydrogens is 731 g/mol. The first-order valence-electron chi connectivity index (χ1n) is 25.2. The molecule has 0 aromatic heterocycles. The molecule has 0 aliphatic carbocycles. The number of aliphatic hydroxyl groups is 5. The van der Waals surface area contributed by atoms with Crippen LogP contribution in [0.15, 0.2) is 0 Å². The van der Waals surface area contributed by atoms with Gasteiger partial charge in [-0.25, -0.2) is 0 Å². The number of ether oxygens (including phenoxy) is 2. The van der Waals surface area contributed by atoms with Gasteiger partial charge in [-0.15, -0.1) is 0 Å². The van der Waals surface area contributed by atoms with Gasteiger partial charge in [0.1, 0.15) is 24.4 Å². The van der Waals surface area contributed by atoms with Gasteiger partial charge in [0.15, 0.2) is 6.29 Å². The van der Waals surface area contributed by atoms with E-state index < -0.39 is 49.5 Å². The van der Waals surface area contributed by atoms with Gasteiger partial charge in [-0.2, -0.15) is 0 Å². The lowest BCUT2D eigenvalue weighted by Gasteiger charge is -2.40. The van der Waals surface area contributed by atoms with Crippen molar-refractivity contribution in [3.05, 3.63) is 0 Å². The molecule has 58 heavy (non-hydrogen) atoms. The molecule has 1 aliphatic heterocycles. The Hall–Kier alpha value is -0.810. The van der Waals surface area contributed by atoms with E-state index in [1.54, 1.807) is 0 Å². The smallest absolute Gasteiger partial charge is 0.220 e. The molecular formula is C49H97NO8. The summed E-state index contributed by atoms with van der Waals surface area (Å²) in [5, 5.41) is 54.3. The predicted molar refractivity (Wildman–Crippen MR) is 240 cm³/mol. The summed E-state index contributed by atoms with van der Waals surface area (Å²) in [7, 11) is 0. The predicted octanol–water partition coefficient (Wildman–Crippen LogP) is 11.1. The zero-order valence-electron chi connectivity index (χ0n) is 38.1. The van der Waals surface area contributed by atoms with Gasteiger partial charge in [0, 0.05) is 6.42 Å². The molecule has 0 bridgehead atoms. The van der Waals surface area contributed by atoms with Gasteiger partial charge in [-0.05, 0) is 12.8 Å². The van der Waals surface area contributed by atoms with Gasteiger partial charge in [0.25, 0.3) is 0 Å². The van der Waals surface area contributed by atoms with Crippen molar-refractivity contribution in [1.29, 1.82) is 0 Å². The highest BCUT2D eigenvalue weighted by Crippen LogP contribution is 2.23. The number of unbranched alkanes of at least 4 members (excludes halogenated alkanes) is 33. The van der Waals surface area contributed by atoms with E-state index in [0.29, 0.717) is 12.8 Å². The summed E-state index contributed by atoms with van der Waals surface area (Å²) in [6, 6.07) is -0.711. The van der Waals surface area contributed by atoms with E-state index in [1.807, 2.05) is 0 Å². The van der Waals surface area contributed by atoms with Crippen LogP contribution in [0.3, 0.4) is 0 Å². The summed E-state index contributed by atoms with van der Waals surface area (Å²) in [5.41, 5.74) is 0. The van der Waals surface area contributed by atoms with Crippen LogP contribution in [0.2, 0.25) is 0 Å². The highest BCUT2D eigenvalue weighted by Gasteiger charge is 2.44. The summed E-state index contributed by atoms with van der Waals surface area (Å²) in [6.45, 7) is 3.84. The SMILES string of the molecule is CCCCCCCCCCCCCCCCCCCCCCCCCCCC(=O)N[C@@H](CO[C@@H]1O[C@H](CO)[C@@H](O)C(O)C1O)[C@H](O)CCCCCCCCCCCC. The molecule has 0 radical (unpaired) electrons. The second-order valence-corrected chi connectivity index (χ2v) is 18.0. The average Bonchev–Trinajstić information content (AvgIpc) is 3.22. The van der Waals surface area contributed by atoms with Gasteiger partial charge in [0.05, 0.1) is 25.4 Å². The molecule has 1 saturated heterocycles. The van der Waals surface area contributed by atoms with Crippen molar-refractivity contribution >= 4 is 5.91 Å². The van der Waals surface area contributed by atoms with Crippen LogP contribution < -0.4 is 5.32 Å². The summed E-state index contributed by atoms with van der Waals surface area (Å²) in [5.74, 6) is -0.140. The number of aliphatic hydroxyl groups excluding tert-OH is 5. The first-order valence-corrected chi connectivity index (χ1v) is 25.2. The van der Waals surface area contributed by atoms with Crippen molar-refractivity contribution in [2.45, 2.75) is 294 Å². The maximum atomic E-state index is 13.0. The third-order valence-corrected chi connectivity index (χ3v) is 12.5. The molecule has 2 unspecified atom stereocenters. The van der Waals surface area contributed by atoms with E-state index in [0.717, 1.165) is 38.5 Å². The van der Waals surface area contributed by atoms with E-state index in [-0.39, 0.29) is 12.5 Å². The van der Waals surface area contributed by atoms with E-state index in [2.05, 4.69) is 19.2 Å². The van der Waals surface area contributed by atoms with E-state index >= 15 is 0 Å². The first-order chi connectivity index (χ1) is 28.3. The first kappa shape index (κ1) is 55.2. The Morgan fingerprint density at radius 2 is 0.862 bits per heavy atom. The fraction of sp³-hybridized carbons (Fsp3) is 0.980. The van der Waals surface area contributed by atoms with Gasteiger partial charge in [-0.3, -0.25) is 4.79 Å². The Bertz CT molecular complexity index is 878. The summed E-state index contributed by atoms with van der Waals surface area (Å²) in [6.07, 6.45) is 38.5. The Kier molecular flexibility index (Phi) is 38.3. The number of nitrogens with one attached hydrogen (secondary N) is 1. The Labute approximate surface area is 357 Å². The Balaban J connectivity index is 2.16. The topological polar surface area (TPSA) is 149 Å². The van der Waals surface area contributed by atoms with Crippen LogP contribution in [0.4, 0.5) is 0 Å². The molecule has 6 N–H and O–H groups in total. The minimum absolute atomic E-state index is 0.132. The molecule has 0 saturated carbocycles. The molecule has 1 rings (SSSR count). The summed E-state index contributed by atoms with van der Waals surface area (Å²) < 4.78 is 11.3. The minimum atomic E-state index is -1.55. The fourth-order valence-electron chi connectivity index (χ4n) is 8.40. The summed E-state index contributed by atoms with van der Waals surface area (Å²) >= 11 is 0. The largest absolute Gasteiger partial charge is 0.394 e. The second kappa shape index (κ2) is 40.3. The zero-order chi connectivity index (χ0) is 42.3. The van der Waals surface area contributed by atoms with E-state index in [1.165, 1.54) is 186 Å². The maximum absolute atomic E-state index is 13.0. The van der Waals surface area contributed by atoms with Gasteiger partial charge in [-0.1, -0.05) is 232 Å². The number of carbonyl (C=O) groups excluding carboxylic acids is 1. The van der Waals surface area contributed by atoms with Crippen LogP contribution in [-0.4, -0.2) is 87.5 Å². The highest BCUT2D eigenvalue weighted by molar-refractivity contribution is 5.76. The van der Waals surface area contributed by atoms with Crippen molar-refractivity contribution in [3.63, 3.8) is 0 Å². The van der Waals surface area contributed by atoms with Gasteiger partial charge >= 0.3 is 0 Å². The van der Waals surface area contributed by atoms with Crippen LogP contribution in [-0.2, 0) is 14.3 Å². The fourth-order valence-corrected chi connectivity index (χ4v) is 8.40. The molecule has 1 heterocycles. The molecule has 346 valence electrons. The lowest BCUT2D eigenvalue weighted by atomic mass is 9.99. The minimum Gasteiger partial charge on any atom is -0.394 e. The zero-order valence-corrected chi connectivity index (χ0v) is 38.1. The number of hydrogen-bond donors (Lipinski definition) is 6. The third kappa shape index (κ3) is 30.3. The third-order valence-electron chi connectivity index (χ3n) is 12.5.